The van der Waals surface area contributed by atoms with Crippen LogP contribution in [0.15, 0.2) is 28.7 Å². The molecule has 1 amide bonds. The largest absolute Gasteiger partial charge is 0.481 e. The van der Waals surface area contributed by atoms with Crippen LogP contribution in [0.1, 0.15) is 32.3 Å². The Morgan fingerprint density at radius 3 is 2.52 bits per heavy atom. The Balaban J connectivity index is 1.81. The summed E-state index contributed by atoms with van der Waals surface area (Å²) in [4.78, 5) is 26.4. The van der Waals surface area contributed by atoms with Crippen LogP contribution in [0.5, 0.6) is 0 Å². The summed E-state index contributed by atoms with van der Waals surface area (Å²) < 4.78 is 0.941. The average Bonchev–Trinajstić information content (AvgIpc) is 3.24. The van der Waals surface area contributed by atoms with Gasteiger partial charge in [-0.1, -0.05) is 28.1 Å². The zero-order chi connectivity index (χ0) is 16.8. The number of amides is 1. The van der Waals surface area contributed by atoms with E-state index in [0.717, 1.165) is 22.9 Å². The molecule has 5 heteroatoms. The fraction of sp³-hybridized carbons (Fsp3) is 0.556. The second-order valence-corrected chi connectivity index (χ2v) is 8.21. The summed E-state index contributed by atoms with van der Waals surface area (Å²) >= 11 is 3.45. The van der Waals surface area contributed by atoms with E-state index < -0.39 is 17.3 Å². The second-order valence-electron chi connectivity index (χ2n) is 7.29. The first-order valence-electron chi connectivity index (χ1n) is 8.09. The molecule has 0 radical (unpaired) electrons. The molecule has 2 aliphatic rings. The van der Waals surface area contributed by atoms with Crippen molar-refractivity contribution in [1.29, 1.82) is 0 Å². The number of halogens is 1. The van der Waals surface area contributed by atoms with Crippen molar-refractivity contribution in [1.82, 2.24) is 4.90 Å². The highest BCUT2D eigenvalue weighted by atomic mass is 79.9. The van der Waals surface area contributed by atoms with Crippen LogP contribution in [0.2, 0.25) is 0 Å². The van der Waals surface area contributed by atoms with Gasteiger partial charge in [-0.15, -0.1) is 0 Å². The highest BCUT2D eigenvalue weighted by Crippen LogP contribution is 2.45. The lowest BCUT2D eigenvalue weighted by atomic mass is 9.83. The number of carboxylic acid groups (broad SMARTS) is 1. The molecule has 3 rings (SSSR count). The zero-order valence-electron chi connectivity index (χ0n) is 13.5. The number of carbonyl (C=O) groups is 2. The summed E-state index contributed by atoms with van der Waals surface area (Å²) in [6.45, 7) is 4.75. The van der Waals surface area contributed by atoms with E-state index in [1.807, 2.05) is 38.1 Å². The van der Waals surface area contributed by atoms with Crippen molar-refractivity contribution < 1.29 is 14.7 Å². The van der Waals surface area contributed by atoms with Crippen LogP contribution in [0.3, 0.4) is 0 Å². The van der Waals surface area contributed by atoms with E-state index in [1.54, 1.807) is 4.90 Å². The Morgan fingerprint density at radius 2 is 1.96 bits per heavy atom. The van der Waals surface area contributed by atoms with Crippen LogP contribution >= 0.6 is 15.9 Å². The minimum Gasteiger partial charge on any atom is -0.481 e. The quantitative estimate of drug-likeness (QED) is 0.872. The van der Waals surface area contributed by atoms with E-state index in [-0.39, 0.29) is 11.8 Å². The average molecular weight is 380 g/mol. The first-order chi connectivity index (χ1) is 10.8. The molecule has 1 aromatic carbocycles. The third kappa shape index (κ3) is 3.16. The van der Waals surface area contributed by atoms with E-state index in [1.165, 1.54) is 0 Å². The summed E-state index contributed by atoms with van der Waals surface area (Å²) in [6, 6.07) is 7.77. The Hall–Kier alpha value is -1.36. The molecule has 1 saturated heterocycles. The van der Waals surface area contributed by atoms with Gasteiger partial charge in [0.05, 0.1) is 11.3 Å². The maximum atomic E-state index is 13.1. The molecule has 1 saturated carbocycles. The molecule has 1 aliphatic heterocycles. The molecule has 2 fully saturated rings. The minimum atomic E-state index is -0.766. The lowest BCUT2D eigenvalue weighted by molar-refractivity contribution is -0.143. The molecule has 1 N–H and O–H groups in total. The molecule has 124 valence electrons. The number of nitrogens with zero attached hydrogens (tertiary/aromatic N) is 1. The van der Waals surface area contributed by atoms with Crippen LogP contribution in [0.4, 0.5) is 0 Å². The second kappa shape index (κ2) is 5.93. The van der Waals surface area contributed by atoms with Gasteiger partial charge in [0, 0.05) is 17.6 Å². The maximum Gasteiger partial charge on any atom is 0.308 e. The Bertz CT molecular complexity index is 639. The zero-order valence-corrected chi connectivity index (χ0v) is 15.0. The molecule has 0 bridgehead atoms. The number of rotatable bonds is 4. The predicted molar refractivity (Wildman–Crippen MR) is 91.1 cm³/mol. The van der Waals surface area contributed by atoms with E-state index >= 15 is 0 Å². The topological polar surface area (TPSA) is 57.6 Å². The Morgan fingerprint density at radius 1 is 1.26 bits per heavy atom. The van der Waals surface area contributed by atoms with Crippen molar-refractivity contribution in [3.8, 4) is 0 Å². The molecular formula is C18H22BrNO3. The highest BCUT2D eigenvalue weighted by molar-refractivity contribution is 9.10. The van der Waals surface area contributed by atoms with Gasteiger partial charge in [0.1, 0.15) is 0 Å². The van der Waals surface area contributed by atoms with Gasteiger partial charge in [-0.3, -0.25) is 9.59 Å². The van der Waals surface area contributed by atoms with Gasteiger partial charge in [0.25, 0.3) is 0 Å². The molecule has 4 nitrogen and oxygen atoms in total. The van der Waals surface area contributed by atoms with Gasteiger partial charge in [-0.05, 0) is 56.2 Å². The summed E-state index contributed by atoms with van der Waals surface area (Å²) in [5.41, 5.74) is 0.282. The van der Waals surface area contributed by atoms with Crippen molar-refractivity contribution in [2.75, 3.05) is 13.1 Å². The summed E-state index contributed by atoms with van der Waals surface area (Å²) in [6.07, 6.45) is 2.21. The lowest BCUT2D eigenvalue weighted by Crippen LogP contribution is -2.42. The molecule has 2 atom stereocenters. The van der Waals surface area contributed by atoms with Crippen molar-refractivity contribution in [3.63, 3.8) is 0 Å². The molecular weight excluding hydrogens is 358 g/mol. The Labute approximate surface area is 145 Å². The van der Waals surface area contributed by atoms with Crippen molar-refractivity contribution in [3.05, 3.63) is 34.3 Å². The van der Waals surface area contributed by atoms with Gasteiger partial charge >= 0.3 is 5.97 Å². The van der Waals surface area contributed by atoms with Crippen LogP contribution in [-0.2, 0) is 15.0 Å². The van der Waals surface area contributed by atoms with Crippen molar-refractivity contribution in [2.24, 2.45) is 17.8 Å². The lowest BCUT2D eigenvalue weighted by Gasteiger charge is -2.30. The number of carboxylic acids is 1. The van der Waals surface area contributed by atoms with Gasteiger partial charge in [-0.2, -0.15) is 0 Å². The smallest absolute Gasteiger partial charge is 0.308 e. The molecule has 1 aliphatic carbocycles. The fourth-order valence-corrected chi connectivity index (χ4v) is 4.05. The third-order valence-corrected chi connectivity index (χ3v) is 5.77. The molecule has 0 aromatic heterocycles. The van der Waals surface area contributed by atoms with Crippen LogP contribution < -0.4 is 0 Å². The van der Waals surface area contributed by atoms with E-state index in [9.17, 15) is 14.7 Å². The van der Waals surface area contributed by atoms with Gasteiger partial charge in [0.2, 0.25) is 5.91 Å². The summed E-state index contributed by atoms with van der Waals surface area (Å²) in [5.74, 6) is -0.551. The predicted octanol–water partition coefficient (Wildman–Crippen LogP) is 3.30. The van der Waals surface area contributed by atoms with Crippen LogP contribution in [0.25, 0.3) is 0 Å². The van der Waals surface area contributed by atoms with Crippen LogP contribution in [0, 0.1) is 17.8 Å². The molecule has 1 heterocycles. The van der Waals surface area contributed by atoms with Gasteiger partial charge in [-0.25, -0.2) is 0 Å². The monoisotopic (exact) mass is 379 g/mol. The number of hydrogen-bond acceptors (Lipinski definition) is 2. The maximum absolute atomic E-state index is 13.1. The number of hydrogen-bond donors (Lipinski definition) is 1. The minimum absolute atomic E-state index is 0.0185. The Kier molecular flexibility index (Phi) is 4.25. The SMILES string of the molecule is CC(C)(C(=O)N1C[C@H](C(=O)O)[C@@H](C2CC2)C1)c1cccc(Br)c1. The highest BCUT2D eigenvalue weighted by Gasteiger charge is 2.48. The van der Waals surface area contributed by atoms with Crippen molar-refractivity contribution >= 4 is 27.8 Å². The molecule has 23 heavy (non-hydrogen) atoms. The number of likely N-dealkylation sites (tertiary alicyclic amines) is 1. The van der Waals surface area contributed by atoms with E-state index in [0.29, 0.717) is 19.0 Å². The summed E-state index contributed by atoms with van der Waals surface area (Å²) in [7, 11) is 0. The van der Waals surface area contributed by atoms with Gasteiger partial charge in [0.15, 0.2) is 0 Å². The van der Waals surface area contributed by atoms with Gasteiger partial charge < -0.3 is 10.0 Å². The molecule has 0 unspecified atom stereocenters. The van der Waals surface area contributed by atoms with E-state index in [4.69, 9.17) is 0 Å². The fourth-order valence-electron chi connectivity index (χ4n) is 3.65. The number of carbonyl (C=O) groups excluding carboxylic acids is 1. The number of aliphatic carboxylic acids is 1. The van der Waals surface area contributed by atoms with E-state index in [2.05, 4.69) is 15.9 Å². The summed E-state index contributed by atoms with van der Waals surface area (Å²) in [5, 5.41) is 9.47. The molecule has 0 spiro atoms. The first kappa shape index (κ1) is 16.5. The van der Waals surface area contributed by atoms with Crippen molar-refractivity contribution in [2.45, 2.75) is 32.1 Å². The molecule has 1 aromatic rings. The van der Waals surface area contributed by atoms with Crippen LogP contribution in [-0.4, -0.2) is 35.0 Å². The number of benzene rings is 1. The standard InChI is InChI=1S/C18H22BrNO3/c1-18(2,12-4-3-5-13(19)8-12)17(23)20-9-14(11-6-7-11)15(10-20)16(21)22/h3-5,8,11,14-15H,6-7,9-10H2,1-2H3,(H,21,22)/t14-,15+/m1/s1. The first-order valence-corrected chi connectivity index (χ1v) is 8.88. The normalized spacial score (nSPS) is 24.7. The third-order valence-electron chi connectivity index (χ3n) is 5.28.